The van der Waals surface area contributed by atoms with Crippen LogP contribution >= 0.6 is 11.3 Å². The molecule has 6 nitrogen and oxygen atoms in total. The highest BCUT2D eigenvalue weighted by molar-refractivity contribution is 7.07. The van der Waals surface area contributed by atoms with E-state index in [1.807, 2.05) is 38.1 Å². The van der Waals surface area contributed by atoms with Crippen LogP contribution in [-0.2, 0) is 9.53 Å². The number of allylic oxidation sites excluding steroid dienone is 1. The predicted molar refractivity (Wildman–Crippen MR) is 105 cm³/mol. The van der Waals surface area contributed by atoms with E-state index in [-0.39, 0.29) is 12.2 Å². The number of carbonyl (C=O) groups is 1. The zero-order chi connectivity index (χ0) is 19.7. The lowest BCUT2D eigenvalue weighted by Gasteiger charge is -2.24. The largest absolute Gasteiger partial charge is 0.497 e. The van der Waals surface area contributed by atoms with Crippen LogP contribution in [0.1, 0.15) is 39.3 Å². The third-order valence-electron chi connectivity index (χ3n) is 4.38. The topological polar surface area (TPSA) is 69.9 Å². The average Bonchev–Trinajstić information content (AvgIpc) is 2.97. The molecule has 1 atom stereocenters. The highest BCUT2D eigenvalue weighted by Crippen LogP contribution is 2.31. The molecule has 0 aliphatic carbocycles. The van der Waals surface area contributed by atoms with Gasteiger partial charge in [0.25, 0.3) is 5.56 Å². The minimum absolute atomic E-state index is 0.145. The molecule has 3 rings (SSSR count). The van der Waals surface area contributed by atoms with Crippen LogP contribution in [0.15, 0.2) is 45.3 Å². The van der Waals surface area contributed by atoms with Gasteiger partial charge in [-0.1, -0.05) is 29.0 Å². The van der Waals surface area contributed by atoms with Crippen LogP contribution in [0.2, 0.25) is 0 Å². The molecule has 0 unspecified atom stereocenters. The van der Waals surface area contributed by atoms with Gasteiger partial charge in [-0.05, 0) is 45.4 Å². The van der Waals surface area contributed by atoms with E-state index in [9.17, 15) is 9.59 Å². The Kier molecular flexibility index (Phi) is 5.32. The van der Waals surface area contributed by atoms with Crippen LogP contribution < -0.4 is 19.6 Å². The Hall–Kier alpha value is -2.67. The van der Waals surface area contributed by atoms with Crippen LogP contribution in [0, 0.1) is 0 Å². The molecular formula is C20H22N2O4S. The molecule has 0 saturated carbocycles. The van der Waals surface area contributed by atoms with Gasteiger partial charge in [0, 0.05) is 0 Å². The summed E-state index contributed by atoms with van der Waals surface area (Å²) >= 11 is 1.34. The molecule has 1 aliphatic rings. The minimum Gasteiger partial charge on any atom is -0.497 e. The molecule has 1 aromatic heterocycles. The van der Waals surface area contributed by atoms with Crippen molar-refractivity contribution in [2.75, 3.05) is 13.7 Å². The second kappa shape index (κ2) is 7.52. The lowest BCUT2D eigenvalue weighted by atomic mass is 9.96. The van der Waals surface area contributed by atoms with Gasteiger partial charge in [-0.25, -0.2) is 9.79 Å². The fraction of sp³-hybridized carbons (Fsp3) is 0.350. The quantitative estimate of drug-likeness (QED) is 0.755. The first kappa shape index (κ1) is 19.1. The summed E-state index contributed by atoms with van der Waals surface area (Å²) < 4.78 is 12.7. The van der Waals surface area contributed by atoms with Gasteiger partial charge in [0.2, 0.25) is 0 Å². The van der Waals surface area contributed by atoms with E-state index in [0.29, 0.717) is 26.4 Å². The molecule has 0 saturated heterocycles. The molecule has 0 amide bonds. The number of fused-ring (bicyclic) bond motifs is 1. The maximum atomic E-state index is 13.1. The molecule has 2 heterocycles. The summed E-state index contributed by atoms with van der Waals surface area (Å²) in [5.41, 5.74) is 2.53. The number of ether oxygens (including phenoxy) is 2. The summed E-state index contributed by atoms with van der Waals surface area (Å²) in [5.74, 6) is 0.246. The van der Waals surface area contributed by atoms with Gasteiger partial charge in [0.1, 0.15) is 5.75 Å². The van der Waals surface area contributed by atoms with Crippen LogP contribution in [-0.4, -0.2) is 24.3 Å². The van der Waals surface area contributed by atoms with E-state index in [2.05, 4.69) is 4.99 Å². The SMILES string of the molecule is CCOC(=O)C1=C(C)N=c2sc(=C(C)C)c(=O)n2[C@H]1c1ccc(OC)cc1. The maximum Gasteiger partial charge on any atom is 0.338 e. The smallest absolute Gasteiger partial charge is 0.338 e. The maximum absolute atomic E-state index is 13.1. The standard InChI is InChI=1S/C20H22N2O4S/c1-6-26-19(24)15-12(4)21-20-22(18(23)17(27-20)11(2)3)16(15)13-7-9-14(25-5)10-8-13/h7-10,16H,6H2,1-5H3/t16-/m0/s1. The first-order chi connectivity index (χ1) is 12.9. The molecule has 1 aromatic carbocycles. The van der Waals surface area contributed by atoms with Crippen LogP contribution in [0.5, 0.6) is 5.75 Å². The Bertz CT molecular complexity index is 1090. The third kappa shape index (κ3) is 3.35. The Morgan fingerprint density at radius 3 is 2.48 bits per heavy atom. The van der Waals surface area contributed by atoms with E-state index in [4.69, 9.17) is 9.47 Å². The summed E-state index contributed by atoms with van der Waals surface area (Å²) in [6, 6.07) is 6.76. The van der Waals surface area contributed by atoms with Crippen molar-refractivity contribution < 1.29 is 14.3 Å². The Morgan fingerprint density at radius 1 is 1.26 bits per heavy atom. The van der Waals surface area contributed by atoms with Gasteiger partial charge in [-0.15, -0.1) is 0 Å². The zero-order valence-corrected chi connectivity index (χ0v) is 16.8. The number of aromatic nitrogens is 1. The van der Waals surface area contributed by atoms with Crippen LogP contribution in [0.25, 0.3) is 5.57 Å². The molecule has 0 spiro atoms. The molecule has 0 N–H and O–H groups in total. The van der Waals surface area contributed by atoms with Crippen molar-refractivity contribution in [2.24, 2.45) is 4.99 Å². The second-order valence-electron chi connectivity index (χ2n) is 6.40. The van der Waals surface area contributed by atoms with E-state index in [0.717, 1.165) is 11.1 Å². The summed E-state index contributed by atoms with van der Waals surface area (Å²) in [6.45, 7) is 7.58. The molecule has 1 aliphatic heterocycles. The summed E-state index contributed by atoms with van der Waals surface area (Å²) in [7, 11) is 1.59. The molecular weight excluding hydrogens is 364 g/mol. The molecule has 0 radical (unpaired) electrons. The number of rotatable bonds is 4. The molecule has 27 heavy (non-hydrogen) atoms. The number of esters is 1. The van der Waals surface area contributed by atoms with Gasteiger partial charge in [0.05, 0.1) is 35.6 Å². The van der Waals surface area contributed by atoms with Crippen molar-refractivity contribution in [1.82, 2.24) is 4.57 Å². The number of carbonyl (C=O) groups excluding carboxylic acids is 1. The van der Waals surface area contributed by atoms with Crippen molar-refractivity contribution in [1.29, 1.82) is 0 Å². The average molecular weight is 386 g/mol. The number of nitrogens with zero attached hydrogens (tertiary/aromatic N) is 2. The van der Waals surface area contributed by atoms with Gasteiger partial charge in [0.15, 0.2) is 4.80 Å². The first-order valence-corrected chi connectivity index (χ1v) is 9.50. The van der Waals surface area contributed by atoms with E-state index < -0.39 is 12.0 Å². The number of benzene rings is 1. The normalized spacial score (nSPS) is 15.8. The molecule has 0 fully saturated rings. The predicted octanol–water partition coefficient (Wildman–Crippen LogP) is 2.17. The van der Waals surface area contributed by atoms with Crippen molar-refractivity contribution >= 4 is 22.9 Å². The highest BCUT2D eigenvalue weighted by atomic mass is 32.1. The van der Waals surface area contributed by atoms with E-state index >= 15 is 0 Å². The first-order valence-electron chi connectivity index (χ1n) is 8.68. The summed E-state index contributed by atoms with van der Waals surface area (Å²) in [6.07, 6.45) is 0. The highest BCUT2D eigenvalue weighted by Gasteiger charge is 2.33. The zero-order valence-electron chi connectivity index (χ0n) is 16.0. The monoisotopic (exact) mass is 386 g/mol. The Morgan fingerprint density at radius 2 is 1.93 bits per heavy atom. The lowest BCUT2D eigenvalue weighted by Crippen LogP contribution is -2.40. The molecule has 0 bridgehead atoms. The Labute approximate surface area is 161 Å². The van der Waals surface area contributed by atoms with Crippen LogP contribution in [0.3, 0.4) is 0 Å². The van der Waals surface area contributed by atoms with Gasteiger partial charge in [-0.2, -0.15) is 0 Å². The summed E-state index contributed by atoms with van der Waals surface area (Å²) in [4.78, 5) is 30.9. The molecule has 2 aromatic rings. The van der Waals surface area contributed by atoms with Crippen molar-refractivity contribution in [3.8, 4) is 5.75 Å². The Balaban J connectivity index is 2.32. The van der Waals surface area contributed by atoms with E-state index in [1.54, 1.807) is 25.5 Å². The van der Waals surface area contributed by atoms with Gasteiger partial charge >= 0.3 is 5.97 Å². The van der Waals surface area contributed by atoms with Crippen LogP contribution in [0.4, 0.5) is 0 Å². The van der Waals surface area contributed by atoms with Crippen molar-refractivity contribution in [2.45, 2.75) is 33.7 Å². The van der Waals surface area contributed by atoms with Gasteiger partial charge in [-0.3, -0.25) is 9.36 Å². The number of hydrogen-bond donors (Lipinski definition) is 0. The fourth-order valence-electron chi connectivity index (χ4n) is 3.10. The number of thiazole rings is 1. The fourth-order valence-corrected chi connectivity index (χ4v) is 4.14. The van der Waals surface area contributed by atoms with Crippen molar-refractivity contribution in [3.63, 3.8) is 0 Å². The molecule has 7 heteroatoms. The summed E-state index contributed by atoms with van der Waals surface area (Å²) in [5, 5.41) is 0. The lowest BCUT2D eigenvalue weighted by molar-refractivity contribution is -0.139. The van der Waals surface area contributed by atoms with E-state index in [1.165, 1.54) is 11.3 Å². The third-order valence-corrected chi connectivity index (χ3v) is 5.64. The van der Waals surface area contributed by atoms with Crippen molar-refractivity contribution in [3.05, 3.63) is 60.8 Å². The number of methoxy groups -OCH3 is 1. The van der Waals surface area contributed by atoms with Gasteiger partial charge < -0.3 is 9.47 Å². The minimum atomic E-state index is -0.584. The molecule has 142 valence electrons. The second-order valence-corrected chi connectivity index (χ2v) is 7.37. The number of hydrogen-bond acceptors (Lipinski definition) is 6.